The highest BCUT2D eigenvalue weighted by Crippen LogP contribution is 2.24. The molecule has 1 amide bonds. The van der Waals surface area contributed by atoms with Crippen LogP contribution in [0.25, 0.3) is 0 Å². The zero-order chi connectivity index (χ0) is 12.4. The van der Waals surface area contributed by atoms with E-state index in [0.717, 1.165) is 42.2 Å². The van der Waals surface area contributed by atoms with Gasteiger partial charge in [-0.1, -0.05) is 0 Å². The van der Waals surface area contributed by atoms with Gasteiger partial charge in [-0.3, -0.25) is 4.79 Å². The van der Waals surface area contributed by atoms with E-state index in [4.69, 9.17) is 0 Å². The van der Waals surface area contributed by atoms with Crippen molar-refractivity contribution in [1.29, 1.82) is 0 Å². The molecule has 2 nitrogen and oxygen atoms in total. The molecule has 1 saturated heterocycles. The first-order valence-corrected chi connectivity index (χ1v) is 8.77. The van der Waals surface area contributed by atoms with Crippen molar-refractivity contribution in [2.24, 2.45) is 0 Å². The van der Waals surface area contributed by atoms with E-state index < -0.39 is 0 Å². The van der Waals surface area contributed by atoms with E-state index in [0.29, 0.717) is 0 Å². The van der Waals surface area contributed by atoms with Crippen molar-refractivity contribution in [2.75, 3.05) is 13.1 Å². The topological polar surface area (TPSA) is 20.3 Å². The summed E-state index contributed by atoms with van der Waals surface area (Å²) in [6.07, 6.45) is 3.54. The number of carbonyl (C=O) groups is 1. The third-order valence-electron chi connectivity index (χ3n) is 2.87. The second-order valence-electron chi connectivity index (χ2n) is 4.10. The number of carbonyl (C=O) groups excluding carboxylic acids is 1. The Balaban J connectivity index is 2.29. The van der Waals surface area contributed by atoms with Gasteiger partial charge in [-0.05, 0) is 99.2 Å². The summed E-state index contributed by atoms with van der Waals surface area (Å²) in [6.45, 7) is 1.83. The number of nitrogens with zero attached hydrogens (tertiary/aromatic N) is 1. The van der Waals surface area contributed by atoms with Gasteiger partial charge in [0.25, 0.3) is 5.91 Å². The van der Waals surface area contributed by atoms with Gasteiger partial charge in [-0.25, -0.2) is 0 Å². The predicted octanol–water partition coefficient (Wildman–Crippen LogP) is 4.13. The fraction of sp³-hybridized carbons (Fsp3) is 0.417. The number of benzene rings is 1. The maximum Gasteiger partial charge on any atom is 0.255 e. The van der Waals surface area contributed by atoms with Gasteiger partial charge in [0.1, 0.15) is 0 Å². The number of piperidine rings is 1. The van der Waals surface area contributed by atoms with E-state index in [-0.39, 0.29) is 5.91 Å². The largest absolute Gasteiger partial charge is 0.339 e. The Morgan fingerprint density at radius 2 is 1.71 bits per heavy atom. The monoisotopic (exact) mass is 567 g/mol. The van der Waals surface area contributed by atoms with Gasteiger partial charge < -0.3 is 4.90 Å². The molecule has 1 aliphatic rings. The van der Waals surface area contributed by atoms with E-state index in [1.54, 1.807) is 0 Å². The SMILES string of the molecule is O=C(c1cc(I)cc(I)c1I)N1CCCCC1. The van der Waals surface area contributed by atoms with Gasteiger partial charge in [0, 0.05) is 23.8 Å². The van der Waals surface area contributed by atoms with Crippen LogP contribution in [0.2, 0.25) is 0 Å². The van der Waals surface area contributed by atoms with Crippen molar-refractivity contribution < 1.29 is 4.79 Å². The Bertz CT molecular complexity index is 442. The first-order chi connectivity index (χ1) is 8.09. The van der Waals surface area contributed by atoms with E-state index in [2.05, 4.69) is 73.8 Å². The van der Waals surface area contributed by atoms with Crippen molar-refractivity contribution in [1.82, 2.24) is 4.90 Å². The van der Waals surface area contributed by atoms with E-state index >= 15 is 0 Å². The second-order valence-corrected chi connectivity index (χ2v) is 7.59. The highest BCUT2D eigenvalue weighted by atomic mass is 127. The highest BCUT2D eigenvalue weighted by Gasteiger charge is 2.21. The summed E-state index contributed by atoms with van der Waals surface area (Å²) in [6, 6.07) is 4.11. The lowest BCUT2D eigenvalue weighted by molar-refractivity contribution is 0.0723. The molecule has 1 aromatic rings. The maximum atomic E-state index is 12.4. The molecule has 92 valence electrons. The fourth-order valence-electron chi connectivity index (χ4n) is 1.98. The molecule has 0 saturated carbocycles. The summed E-state index contributed by atoms with van der Waals surface area (Å²) < 4.78 is 3.38. The van der Waals surface area contributed by atoms with Gasteiger partial charge >= 0.3 is 0 Å². The van der Waals surface area contributed by atoms with Crippen LogP contribution in [0.1, 0.15) is 29.6 Å². The molecule has 2 rings (SSSR count). The first-order valence-electron chi connectivity index (χ1n) is 5.53. The molecule has 0 aromatic heterocycles. The Labute approximate surface area is 142 Å². The molecule has 0 N–H and O–H groups in total. The third kappa shape index (κ3) is 3.46. The minimum Gasteiger partial charge on any atom is -0.339 e. The molecule has 1 aromatic carbocycles. The van der Waals surface area contributed by atoms with Crippen LogP contribution in [-0.2, 0) is 0 Å². The molecular weight excluding hydrogens is 555 g/mol. The van der Waals surface area contributed by atoms with E-state index in [1.165, 1.54) is 6.42 Å². The molecule has 1 aliphatic heterocycles. The van der Waals surface area contributed by atoms with Crippen LogP contribution in [0.15, 0.2) is 12.1 Å². The molecular formula is C12H12I3NO. The number of amides is 1. The lowest BCUT2D eigenvalue weighted by atomic mass is 10.1. The molecule has 5 heteroatoms. The van der Waals surface area contributed by atoms with Crippen LogP contribution in [0.3, 0.4) is 0 Å². The number of hydrogen-bond acceptors (Lipinski definition) is 1. The zero-order valence-corrected chi connectivity index (χ0v) is 15.7. The van der Waals surface area contributed by atoms with Crippen molar-refractivity contribution in [3.63, 3.8) is 0 Å². The standard InChI is InChI=1S/C12H12I3NO/c13-8-6-9(11(15)10(14)7-8)12(17)16-4-2-1-3-5-16/h6-7H,1-5H2. The average molecular weight is 567 g/mol. The summed E-state index contributed by atoms with van der Waals surface area (Å²) >= 11 is 6.84. The smallest absolute Gasteiger partial charge is 0.255 e. The quantitative estimate of drug-likeness (QED) is 0.370. The highest BCUT2D eigenvalue weighted by molar-refractivity contribution is 14.1. The number of likely N-dealkylation sites (tertiary alicyclic amines) is 1. The molecule has 1 heterocycles. The molecule has 0 spiro atoms. The van der Waals surface area contributed by atoms with Gasteiger partial charge in [0.15, 0.2) is 0 Å². The van der Waals surface area contributed by atoms with Crippen LogP contribution in [-0.4, -0.2) is 23.9 Å². The summed E-state index contributed by atoms with van der Waals surface area (Å²) in [5.41, 5.74) is 0.865. The zero-order valence-electron chi connectivity index (χ0n) is 9.18. The van der Waals surface area contributed by atoms with Gasteiger partial charge in [-0.2, -0.15) is 0 Å². The molecule has 0 aliphatic carbocycles. The Kier molecular flexibility index (Phi) is 5.34. The third-order valence-corrected chi connectivity index (χ3v) is 6.53. The first kappa shape index (κ1) is 14.3. The Morgan fingerprint density at radius 1 is 1.06 bits per heavy atom. The molecule has 17 heavy (non-hydrogen) atoms. The lowest BCUT2D eigenvalue weighted by Crippen LogP contribution is -2.36. The minimum atomic E-state index is 0.200. The number of rotatable bonds is 1. The summed E-state index contributed by atoms with van der Waals surface area (Å²) in [7, 11) is 0. The average Bonchev–Trinajstić information content (AvgIpc) is 2.34. The van der Waals surface area contributed by atoms with Gasteiger partial charge in [0.2, 0.25) is 0 Å². The van der Waals surface area contributed by atoms with E-state index in [9.17, 15) is 4.79 Å². The summed E-state index contributed by atoms with van der Waals surface area (Å²) in [5, 5.41) is 0. The van der Waals surface area contributed by atoms with Crippen LogP contribution in [0.5, 0.6) is 0 Å². The van der Waals surface area contributed by atoms with Crippen molar-refractivity contribution in [3.05, 3.63) is 28.4 Å². The van der Waals surface area contributed by atoms with Crippen LogP contribution >= 0.6 is 67.8 Å². The lowest BCUT2D eigenvalue weighted by Gasteiger charge is -2.27. The van der Waals surface area contributed by atoms with Crippen LogP contribution < -0.4 is 0 Å². The van der Waals surface area contributed by atoms with Gasteiger partial charge in [0.05, 0.1) is 5.56 Å². The molecule has 1 fully saturated rings. The Hall–Kier alpha value is 0.880. The van der Waals surface area contributed by atoms with Crippen LogP contribution in [0.4, 0.5) is 0 Å². The maximum absolute atomic E-state index is 12.4. The minimum absolute atomic E-state index is 0.200. The molecule has 0 atom stereocenters. The predicted molar refractivity (Wildman–Crippen MR) is 94.3 cm³/mol. The molecule has 0 unspecified atom stereocenters. The molecule has 0 radical (unpaired) electrons. The summed E-state index contributed by atoms with van der Waals surface area (Å²) in [5.74, 6) is 0.200. The number of hydrogen-bond donors (Lipinski definition) is 0. The summed E-state index contributed by atoms with van der Waals surface area (Å²) in [4.78, 5) is 14.4. The van der Waals surface area contributed by atoms with Crippen molar-refractivity contribution >= 4 is 73.7 Å². The van der Waals surface area contributed by atoms with Crippen LogP contribution in [0, 0.1) is 10.7 Å². The van der Waals surface area contributed by atoms with E-state index in [1.807, 2.05) is 11.0 Å². The second kappa shape index (κ2) is 6.36. The number of halogens is 3. The molecule has 0 bridgehead atoms. The van der Waals surface area contributed by atoms with Crippen molar-refractivity contribution in [3.8, 4) is 0 Å². The van der Waals surface area contributed by atoms with Gasteiger partial charge in [-0.15, -0.1) is 0 Å². The van der Waals surface area contributed by atoms with Crippen molar-refractivity contribution in [2.45, 2.75) is 19.3 Å². The normalized spacial score (nSPS) is 16.1. The Morgan fingerprint density at radius 3 is 2.35 bits per heavy atom. The fourth-order valence-corrected chi connectivity index (χ4v) is 4.37.